The van der Waals surface area contributed by atoms with E-state index in [9.17, 15) is 9.59 Å². The van der Waals surface area contributed by atoms with Crippen LogP contribution in [0.25, 0.3) is 11.4 Å². The number of hydrogen-bond donors (Lipinski definition) is 1. The van der Waals surface area contributed by atoms with Gasteiger partial charge in [0.05, 0.1) is 7.11 Å². The number of carbonyl (C=O) groups is 1. The normalized spacial score (nSPS) is 12.5. The van der Waals surface area contributed by atoms with E-state index in [1.807, 2.05) is 24.3 Å². The van der Waals surface area contributed by atoms with E-state index < -0.39 is 0 Å². The fraction of sp³-hybridized carbons (Fsp3) is 0.261. The van der Waals surface area contributed by atoms with Gasteiger partial charge in [0.15, 0.2) is 0 Å². The van der Waals surface area contributed by atoms with Gasteiger partial charge in [-0.25, -0.2) is 4.98 Å². The number of fused-ring (bicyclic) bond motifs is 1. The summed E-state index contributed by atoms with van der Waals surface area (Å²) in [6.45, 7) is 1.66. The molecule has 1 aromatic heterocycles. The summed E-state index contributed by atoms with van der Waals surface area (Å²) in [6.07, 6.45) is 3.30. The van der Waals surface area contributed by atoms with Crippen molar-refractivity contribution in [1.29, 1.82) is 0 Å². The number of anilines is 1. The number of carbonyl (C=O) groups excluding carboxylic acids is 1. The second-order valence-corrected chi connectivity index (χ2v) is 7.26. The zero-order valence-corrected chi connectivity index (χ0v) is 16.6. The van der Waals surface area contributed by atoms with Gasteiger partial charge >= 0.3 is 0 Å². The van der Waals surface area contributed by atoms with Crippen LogP contribution in [0.5, 0.6) is 5.75 Å². The van der Waals surface area contributed by atoms with Crippen molar-refractivity contribution in [2.24, 2.45) is 0 Å². The van der Waals surface area contributed by atoms with Gasteiger partial charge in [0, 0.05) is 23.0 Å². The maximum absolute atomic E-state index is 12.7. The molecule has 0 unspecified atom stereocenters. The number of aromatic nitrogens is 2. The average molecular weight is 389 g/mol. The fourth-order valence-electron chi connectivity index (χ4n) is 3.73. The summed E-state index contributed by atoms with van der Waals surface area (Å²) < 4.78 is 6.59. The quantitative estimate of drug-likeness (QED) is 0.726. The number of nitrogens with zero attached hydrogens (tertiary/aromatic N) is 2. The van der Waals surface area contributed by atoms with Crippen molar-refractivity contribution < 1.29 is 9.53 Å². The molecule has 1 N–H and O–H groups in total. The van der Waals surface area contributed by atoms with Crippen LogP contribution >= 0.6 is 0 Å². The lowest BCUT2D eigenvalue weighted by molar-refractivity contribution is -0.116. The highest BCUT2D eigenvalue weighted by atomic mass is 16.5. The molecule has 1 aliphatic carbocycles. The number of ether oxygens (including phenoxy) is 1. The lowest BCUT2D eigenvalue weighted by Crippen LogP contribution is -2.29. The molecular formula is C23H23N3O3. The van der Waals surface area contributed by atoms with Crippen molar-refractivity contribution in [3.05, 3.63) is 75.7 Å². The molecule has 6 heteroatoms. The van der Waals surface area contributed by atoms with E-state index in [-0.39, 0.29) is 18.0 Å². The molecule has 2 aromatic carbocycles. The van der Waals surface area contributed by atoms with E-state index in [4.69, 9.17) is 4.74 Å². The van der Waals surface area contributed by atoms with Crippen molar-refractivity contribution in [3.63, 3.8) is 0 Å². The monoisotopic (exact) mass is 389 g/mol. The first-order valence-electron chi connectivity index (χ1n) is 9.68. The largest absolute Gasteiger partial charge is 0.497 e. The number of methoxy groups -OCH3 is 1. The molecule has 0 saturated carbocycles. The Bertz CT molecular complexity index is 1120. The smallest absolute Gasteiger partial charge is 0.254 e. The molecule has 1 amide bonds. The third kappa shape index (κ3) is 4.06. The highest BCUT2D eigenvalue weighted by Crippen LogP contribution is 2.25. The first kappa shape index (κ1) is 18.9. The first-order valence-corrected chi connectivity index (χ1v) is 9.68. The zero-order valence-electron chi connectivity index (χ0n) is 16.6. The standard InChI is InChI=1S/C23H23N3O3/c1-15-12-22(28)26(23(24-15)17-7-10-20(29-2)11-8-17)14-21(27)25-19-9-6-16-4-3-5-18(16)13-19/h6-13H,3-5,14H2,1-2H3,(H,25,27). The molecule has 0 fully saturated rings. The van der Waals surface area contributed by atoms with E-state index in [0.717, 1.165) is 30.5 Å². The highest BCUT2D eigenvalue weighted by Gasteiger charge is 2.15. The molecule has 0 spiro atoms. The molecule has 6 nitrogen and oxygen atoms in total. The van der Waals surface area contributed by atoms with Crippen molar-refractivity contribution >= 4 is 11.6 Å². The van der Waals surface area contributed by atoms with Gasteiger partial charge in [0.25, 0.3) is 5.56 Å². The first-order chi connectivity index (χ1) is 14.0. The van der Waals surface area contributed by atoms with Crippen molar-refractivity contribution in [1.82, 2.24) is 9.55 Å². The van der Waals surface area contributed by atoms with Gasteiger partial charge in [-0.15, -0.1) is 0 Å². The SMILES string of the molecule is COc1ccc(-c2nc(C)cc(=O)n2CC(=O)Nc2ccc3c(c2)CCC3)cc1. The van der Waals surface area contributed by atoms with Gasteiger partial charge in [-0.05, 0) is 73.7 Å². The zero-order chi connectivity index (χ0) is 20.4. The van der Waals surface area contributed by atoms with E-state index in [0.29, 0.717) is 17.3 Å². The molecule has 1 aliphatic rings. The van der Waals surface area contributed by atoms with Gasteiger partial charge in [-0.1, -0.05) is 6.07 Å². The Kier molecular flexibility index (Phi) is 5.16. The van der Waals surface area contributed by atoms with Crippen molar-refractivity contribution in [2.45, 2.75) is 32.7 Å². The molecule has 0 radical (unpaired) electrons. The minimum absolute atomic E-state index is 0.107. The second-order valence-electron chi connectivity index (χ2n) is 7.26. The Morgan fingerprint density at radius 2 is 1.86 bits per heavy atom. The van der Waals surface area contributed by atoms with Gasteiger partial charge in [0.1, 0.15) is 18.1 Å². The summed E-state index contributed by atoms with van der Waals surface area (Å²) in [6, 6.07) is 14.7. The topological polar surface area (TPSA) is 73.2 Å². The summed E-state index contributed by atoms with van der Waals surface area (Å²) in [5.41, 5.74) is 4.50. The third-order valence-electron chi connectivity index (χ3n) is 5.17. The van der Waals surface area contributed by atoms with Crippen LogP contribution in [0.2, 0.25) is 0 Å². The summed E-state index contributed by atoms with van der Waals surface area (Å²) in [4.78, 5) is 29.8. The molecular weight excluding hydrogens is 366 g/mol. The van der Waals surface area contributed by atoms with Crippen LogP contribution in [0.1, 0.15) is 23.2 Å². The Morgan fingerprint density at radius 3 is 2.62 bits per heavy atom. The maximum Gasteiger partial charge on any atom is 0.254 e. The summed E-state index contributed by atoms with van der Waals surface area (Å²) in [7, 11) is 1.60. The number of benzene rings is 2. The Hall–Kier alpha value is -3.41. The number of hydrogen-bond acceptors (Lipinski definition) is 4. The van der Waals surface area contributed by atoms with Crippen LogP contribution in [-0.2, 0) is 24.2 Å². The Morgan fingerprint density at radius 1 is 1.10 bits per heavy atom. The molecule has 0 saturated heterocycles. The molecule has 148 valence electrons. The lowest BCUT2D eigenvalue weighted by Gasteiger charge is -2.14. The maximum atomic E-state index is 12.7. The molecule has 0 aliphatic heterocycles. The van der Waals surface area contributed by atoms with E-state index >= 15 is 0 Å². The van der Waals surface area contributed by atoms with Crippen LogP contribution in [0.15, 0.2) is 53.3 Å². The fourth-order valence-corrected chi connectivity index (χ4v) is 3.73. The van der Waals surface area contributed by atoms with Crippen LogP contribution < -0.4 is 15.6 Å². The van der Waals surface area contributed by atoms with Gasteiger partial charge in [-0.2, -0.15) is 0 Å². The van der Waals surface area contributed by atoms with Crippen molar-refractivity contribution in [2.75, 3.05) is 12.4 Å². The Balaban J connectivity index is 1.60. The van der Waals surface area contributed by atoms with Crippen LogP contribution in [0.4, 0.5) is 5.69 Å². The predicted molar refractivity (Wildman–Crippen MR) is 112 cm³/mol. The molecule has 3 aromatic rings. The van der Waals surface area contributed by atoms with E-state index in [2.05, 4.69) is 16.4 Å². The summed E-state index contributed by atoms with van der Waals surface area (Å²) in [5, 5.41) is 2.91. The molecule has 0 atom stereocenters. The summed E-state index contributed by atoms with van der Waals surface area (Å²) >= 11 is 0. The van der Waals surface area contributed by atoms with Crippen molar-refractivity contribution in [3.8, 4) is 17.1 Å². The number of amides is 1. The van der Waals surface area contributed by atoms with Gasteiger partial charge < -0.3 is 10.1 Å². The van der Waals surface area contributed by atoms with Crippen LogP contribution in [0.3, 0.4) is 0 Å². The summed E-state index contributed by atoms with van der Waals surface area (Å²) in [5.74, 6) is 0.914. The number of rotatable bonds is 5. The number of nitrogens with one attached hydrogen (secondary N) is 1. The number of aryl methyl sites for hydroxylation is 3. The van der Waals surface area contributed by atoms with Gasteiger partial charge in [-0.3, -0.25) is 14.2 Å². The minimum Gasteiger partial charge on any atom is -0.497 e. The second kappa shape index (κ2) is 7.91. The van der Waals surface area contributed by atoms with Crippen LogP contribution in [-0.4, -0.2) is 22.6 Å². The molecule has 29 heavy (non-hydrogen) atoms. The van der Waals surface area contributed by atoms with E-state index in [1.165, 1.54) is 21.8 Å². The van der Waals surface area contributed by atoms with Crippen LogP contribution in [0, 0.1) is 6.92 Å². The minimum atomic E-state index is -0.259. The average Bonchev–Trinajstić information content (AvgIpc) is 3.18. The Labute approximate surface area is 169 Å². The molecule has 4 rings (SSSR count). The van der Waals surface area contributed by atoms with Gasteiger partial charge in [0.2, 0.25) is 5.91 Å². The molecule has 0 bridgehead atoms. The predicted octanol–water partition coefficient (Wildman–Crippen LogP) is 3.35. The van der Waals surface area contributed by atoms with E-state index in [1.54, 1.807) is 26.2 Å². The third-order valence-corrected chi connectivity index (χ3v) is 5.17. The molecule has 1 heterocycles. The highest BCUT2D eigenvalue weighted by molar-refractivity contribution is 5.91. The lowest BCUT2D eigenvalue weighted by atomic mass is 10.1.